The molecule has 0 aromatic heterocycles. The van der Waals surface area contributed by atoms with Gasteiger partial charge in [0, 0.05) is 12.3 Å². The first kappa shape index (κ1) is 14.8. The number of nitrogens with one attached hydrogen (secondary N) is 1. The third-order valence-corrected chi connectivity index (χ3v) is 4.24. The number of hydrogen-bond acceptors (Lipinski definition) is 1. The fourth-order valence-electron chi connectivity index (χ4n) is 2.59. The summed E-state index contributed by atoms with van der Waals surface area (Å²) in [5, 5.41) is 3.16. The van der Waals surface area contributed by atoms with Crippen LogP contribution in [-0.2, 0) is 4.79 Å². The van der Waals surface area contributed by atoms with Gasteiger partial charge in [0.2, 0.25) is 5.91 Å². The van der Waals surface area contributed by atoms with E-state index in [-0.39, 0.29) is 11.4 Å². The minimum atomic E-state index is -0.0813. The van der Waals surface area contributed by atoms with E-state index in [0.29, 0.717) is 12.3 Å². The molecule has 2 nitrogen and oxygen atoms in total. The fourth-order valence-corrected chi connectivity index (χ4v) is 2.93. The van der Waals surface area contributed by atoms with Crippen molar-refractivity contribution in [1.29, 1.82) is 0 Å². The lowest BCUT2D eigenvalue weighted by Gasteiger charge is -2.27. The Bertz CT molecular complexity index is 224. The van der Waals surface area contributed by atoms with Crippen LogP contribution in [0.15, 0.2) is 0 Å². The molecule has 100 valence electrons. The number of carbonyl (C=O) groups is 1. The standard InChI is InChI=1S/C14H26ClNO/c1-2-3-4-5-6-9-13(17)16-14(12-15)10-7-8-11-14/h2-12H2,1H3,(H,16,17). The van der Waals surface area contributed by atoms with Crippen molar-refractivity contribution in [3.8, 4) is 0 Å². The number of unbranched alkanes of at least 4 members (excludes halogenated alkanes) is 4. The zero-order valence-electron chi connectivity index (χ0n) is 11.1. The van der Waals surface area contributed by atoms with Crippen molar-refractivity contribution in [1.82, 2.24) is 5.32 Å². The highest BCUT2D eigenvalue weighted by molar-refractivity contribution is 6.18. The molecule has 0 heterocycles. The average molecular weight is 260 g/mol. The van der Waals surface area contributed by atoms with Gasteiger partial charge in [-0.15, -0.1) is 11.6 Å². The van der Waals surface area contributed by atoms with Gasteiger partial charge < -0.3 is 5.32 Å². The molecule has 1 N–H and O–H groups in total. The van der Waals surface area contributed by atoms with Crippen LogP contribution in [0.2, 0.25) is 0 Å². The number of rotatable bonds is 8. The molecule has 1 fully saturated rings. The predicted octanol–water partition coefficient (Wildman–Crippen LogP) is 4.01. The van der Waals surface area contributed by atoms with Crippen LogP contribution in [0.4, 0.5) is 0 Å². The second-order valence-corrected chi connectivity index (χ2v) is 5.60. The van der Waals surface area contributed by atoms with Gasteiger partial charge in [0.05, 0.1) is 5.54 Å². The van der Waals surface area contributed by atoms with Gasteiger partial charge in [-0.1, -0.05) is 45.4 Å². The highest BCUT2D eigenvalue weighted by Gasteiger charge is 2.33. The largest absolute Gasteiger partial charge is 0.349 e. The molecule has 1 amide bonds. The molecular formula is C14H26ClNO. The summed E-state index contributed by atoms with van der Waals surface area (Å²) in [6.45, 7) is 2.21. The van der Waals surface area contributed by atoms with Crippen LogP contribution in [0.3, 0.4) is 0 Å². The lowest BCUT2D eigenvalue weighted by molar-refractivity contribution is -0.122. The average Bonchev–Trinajstić information content (AvgIpc) is 2.78. The fraction of sp³-hybridized carbons (Fsp3) is 0.929. The normalized spacial score (nSPS) is 18.2. The molecule has 1 saturated carbocycles. The molecule has 0 aliphatic heterocycles. The van der Waals surface area contributed by atoms with Gasteiger partial charge in [-0.2, -0.15) is 0 Å². The van der Waals surface area contributed by atoms with Crippen molar-refractivity contribution in [2.24, 2.45) is 0 Å². The Morgan fingerprint density at radius 1 is 1.18 bits per heavy atom. The smallest absolute Gasteiger partial charge is 0.220 e. The second-order valence-electron chi connectivity index (χ2n) is 5.33. The number of amides is 1. The van der Waals surface area contributed by atoms with Crippen LogP contribution in [-0.4, -0.2) is 17.3 Å². The predicted molar refractivity (Wildman–Crippen MR) is 73.4 cm³/mol. The molecule has 1 aliphatic carbocycles. The van der Waals surface area contributed by atoms with Crippen LogP contribution < -0.4 is 5.32 Å². The van der Waals surface area contributed by atoms with E-state index >= 15 is 0 Å². The first-order valence-corrected chi connectivity index (χ1v) is 7.63. The van der Waals surface area contributed by atoms with Crippen LogP contribution in [0, 0.1) is 0 Å². The highest BCUT2D eigenvalue weighted by Crippen LogP contribution is 2.30. The minimum Gasteiger partial charge on any atom is -0.349 e. The molecule has 1 aliphatic rings. The summed E-state index contributed by atoms with van der Waals surface area (Å²) in [5.74, 6) is 0.762. The summed E-state index contributed by atoms with van der Waals surface area (Å²) < 4.78 is 0. The van der Waals surface area contributed by atoms with Gasteiger partial charge in [-0.25, -0.2) is 0 Å². The van der Waals surface area contributed by atoms with Crippen molar-refractivity contribution in [2.75, 3.05) is 5.88 Å². The zero-order valence-corrected chi connectivity index (χ0v) is 11.8. The van der Waals surface area contributed by atoms with E-state index in [4.69, 9.17) is 11.6 Å². The Balaban J connectivity index is 2.15. The van der Waals surface area contributed by atoms with Gasteiger partial charge in [-0.05, 0) is 19.3 Å². The Kier molecular flexibility index (Phi) is 6.94. The SMILES string of the molecule is CCCCCCCC(=O)NC1(CCl)CCCC1. The van der Waals surface area contributed by atoms with E-state index in [1.807, 2.05) is 0 Å². The van der Waals surface area contributed by atoms with E-state index in [9.17, 15) is 4.79 Å². The number of alkyl halides is 1. The maximum absolute atomic E-state index is 11.8. The topological polar surface area (TPSA) is 29.1 Å². The molecule has 0 unspecified atom stereocenters. The molecular weight excluding hydrogens is 234 g/mol. The number of hydrogen-bond donors (Lipinski definition) is 1. The van der Waals surface area contributed by atoms with Crippen molar-refractivity contribution in [3.63, 3.8) is 0 Å². The minimum absolute atomic E-state index is 0.0813. The van der Waals surface area contributed by atoms with E-state index in [2.05, 4.69) is 12.2 Å². The molecule has 0 saturated heterocycles. The molecule has 0 bridgehead atoms. The van der Waals surface area contributed by atoms with Crippen LogP contribution >= 0.6 is 11.6 Å². The Morgan fingerprint density at radius 2 is 1.82 bits per heavy atom. The van der Waals surface area contributed by atoms with Gasteiger partial charge in [0.25, 0.3) is 0 Å². The molecule has 1 rings (SSSR count). The summed E-state index contributed by atoms with van der Waals surface area (Å²) in [5.41, 5.74) is -0.0813. The second kappa shape index (κ2) is 7.97. The molecule has 0 spiro atoms. The van der Waals surface area contributed by atoms with E-state index in [1.165, 1.54) is 38.5 Å². The van der Waals surface area contributed by atoms with Crippen molar-refractivity contribution in [3.05, 3.63) is 0 Å². The summed E-state index contributed by atoms with van der Waals surface area (Å²) in [6, 6.07) is 0. The Labute approximate surface area is 110 Å². The lowest BCUT2D eigenvalue weighted by atomic mass is 10.00. The zero-order chi connectivity index (χ0) is 12.6. The molecule has 0 radical (unpaired) electrons. The molecule has 17 heavy (non-hydrogen) atoms. The van der Waals surface area contributed by atoms with Crippen LogP contribution in [0.25, 0.3) is 0 Å². The maximum Gasteiger partial charge on any atom is 0.220 e. The third-order valence-electron chi connectivity index (χ3n) is 3.73. The third kappa shape index (κ3) is 5.29. The quantitative estimate of drug-likeness (QED) is 0.518. The Hall–Kier alpha value is -0.240. The maximum atomic E-state index is 11.8. The summed E-state index contributed by atoms with van der Waals surface area (Å²) >= 11 is 6.00. The van der Waals surface area contributed by atoms with Gasteiger partial charge >= 0.3 is 0 Å². The molecule has 3 heteroatoms. The summed E-state index contributed by atoms with van der Waals surface area (Å²) in [4.78, 5) is 11.8. The molecule has 0 atom stereocenters. The van der Waals surface area contributed by atoms with Crippen molar-refractivity contribution >= 4 is 17.5 Å². The van der Waals surface area contributed by atoms with E-state index in [1.54, 1.807) is 0 Å². The Morgan fingerprint density at radius 3 is 2.41 bits per heavy atom. The number of carbonyl (C=O) groups excluding carboxylic acids is 1. The monoisotopic (exact) mass is 259 g/mol. The first-order chi connectivity index (χ1) is 8.22. The number of halogens is 1. The van der Waals surface area contributed by atoms with Gasteiger partial charge in [0.1, 0.15) is 0 Å². The molecule has 0 aromatic rings. The van der Waals surface area contributed by atoms with E-state index in [0.717, 1.165) is 19.3 Å². The van der Waals surface area contributed by atoms with Crippen molar-refractivity contribution in [2.45, 2.75) is 76.7 Å². The summed E-state index contributed by atoms with van der Waals surface area (Å²) in [7, 11) is 0. The van der Waals surface area contributed by atoms with Gasteiger partial charge in [-0.3, -0.25) is 4.79 Å². The first-order valence-electron chi connectivity index (χ1n) is 7.09. The lowest BCUT2D eigenvalue weighted by Crippen LogP contribution is -2.47. The van der Waals surface area contributed by atoms with Gasteiger partial charge in [0.15, 0.2) is 0 Å². The molecule has 0 aromatic carbocycles. The highest BCUT2D eigenvalue weighted by atomic mass is 35.5. The van der Waals surface area contributed by atoms with Crippen LogP contribution in [0.5, 0.6) is 0 Å². The van der Waals surface area contributed by atoms with Crippen LogP contribution in [0.1, 0.15) is 71.1 Å². The summed E-state index contributed by atoms with van der Waals surface area (Å²) in [6.07, 6.45) is 11.2. The van der Waals surface area contributed by atoms with E-state index < -0.39 is 0 Å². The van der Waals surface area contributed by atoms with Crippen molar-refractivity contribution < 1.29 is 4.79 Å².